The fourth-order valence-corrected chi connectivity index (χ4v) is 4.87. The molecule has 160 valence electrons. The Balaban J connectivity index is 1.50. The van der Waals surface area contributed by atoms with Crippen LogP contribution >= 0.6 is 0 Å². The number of nitrogens with zero attached hydrogens (tertiary/aromatic N) is 1. The number of ether oxygens (including phenoxy) is 1. The first-order chi connectivity index (χ1) is 14.4. The molecule has 1 aromatic rings. The van der Waals surface area contributed by atoms with Crippen LogP contribution in [0.5, 0.6) is 0 Å². The average Bonchev–Trinajstić information content (AvgIpc) is 3.35. The summed E-state index contributed by atoms with van der Waals surface area (Å²) in [4.78, 5) is 51.0. The Morgan fingerprint density at radius 2 is 1.90 bits per heavy atom. The van der Waals surface area contributed by atoms with Gasteiger partial charge in [-0.05, 0) is 55.9 Å². The topological polar surface area (TPSA) is 92.8 Å². The Bertz CT molecular complexity index is 874. The van der Waals surface area contributed by atoms with Crippen LogP contribution in [0.4, 0.5) is 10.5 Å². The smallest absolute Gasteiger partial charge is 0.414 e. The van der Waals surface area contributed by atoms with Crippen LogP contribution in [0.15, 0.2) is 18.2 Å². The molecule has 7 heteroatoms. The Kier molecular flexibility index (Phi) is 5.88. The number of benzene rings is 1. The molecule has 2 fully saturated rings. The number of fused-ring (bicyclic) bond motifs is 1. The van der Waals surface area contributed by atoms with Gasteiger partial charge in [-0.3, -0.25) is 19.3 Å². The largest absolute Gasteiger partial charge is 0.442 e. The maximum absolute atomic E-state index is 13.2. The molecule has 3 aliphatic rings. The van der Waals surface area contributed by atoms with Crippen molar-refractivity contribution in [3.8, 4) is 0 Å². The number of carbonyl (C=O) groups excluding carboxylic acids is 4. The molecule has 1 saturated carbocycles. The summed E-state index contributed by atoms with van der Waals surface area (Å²) in [6, 6.07) is 5.38. The summed E-state index contributed by atoms with van der Waals surface area (Å²) >= 11 is 0. The second kappa shape index (κ2) is 8.58. The average molecular weight is 412 g/mol. The van der Waals surface area contributed by atoms with Crippen LogP contribution in [0.25, 0.3) is 0 Å². The Morgan fingerprint density at radius 1 is 1.13 bits per heavy atom. The minimum atomic E-state index is -0.529. The van der Waals surface area contributed by atoms with Crippen LogP contribution in [0, 0.1) is 11.8 Å². The summed E-state index contributed by atoms with van der Waals surface area (Å²) < 4.78 is 5.33. The molecule has 0 bridgehead atoms. The van der Waals surface area contributed by atoms with Crippen LogP contribution in [0.1, 0.15) is 61.4 Å². The zero-order valence-corrected chi connectivity index (χ0v) is 17.3. The molecule has 30 heavy (non-hydrogen) atoms. The van der Waals surface area contributed by atoms with Gasteiger partial charge >= 0.3 is 6.09 Å². The third-order valence-corrected chi connectivity index (χ3v) is 6.48. The molecule has 2 aliphatic carbocycles. The van der Waals surface area contributed by atoms with Crippen LogP contribution in [-0.2, 0) is 20.7 Å². The Hall–Kier alpha value is -2.70. The molecule has 0 spiro atoms. The SMILES string of the molecule is CC(=O)NC[C@H]1CN(c2ccc3c(c2)CCC[C@H](C(=O)C2CCCC2)C3=O)C(=O)O1. The lowest BCUT2D eigenvalue weighted by molar-refractivity contribution is -0.125. The highest BCUT2D eigenvalue weighted by atomic mass is 16.6. The van der Waals surface area contributed by atoms with Crippen LogP contribution in [0.2, 0.25) is 0 Å². The van der Waals surface area contributed by atoms with Gasteiger partial charge in [0.15, 0.2) is 5.78 Å². The highest BCUT2D eigenvalue weighted by Gasteiger charge is 2.37. The number of aryl methyl sites for hydroxylation is 1. The van der Waals surface area contributed by atoms with Gasteiger partial charge in [0, 0.05) is 24.1 Å². The summed E-state index contributed by atoms with van der Waals surface area (Å²) in [7, 11) is 0. The van der Waals surface area contributed by atoms with Crippen molar-refractivity contribution in [3.05, 3.63) is 29.3 Å². The molecule has 1 N–H and O–H groups in total. The van der Waals surface area contributed by atoms with Gasteiger partial charge < -0.3 is 10.1 Å². The summed E-state index contributed by atoms with van der Waals surface area (Å²) in [5, 5.41) is 2.66. The van der Waals surface area contributed by atoms with Gasteiger partial charge in [-0.2, -0.15) is 0 Å². The number of anilines is 1. The van der Waals surface area contributed by atoms with E-state index in [2.05, 4.69) is 5.32 Å². The van der Waals surface area contributed by atoms with E-state index in [1.54, 1.807) is 12.1 Å². The summed E-state index contributed by atoms with van der Waals surface area (Å²) in [5.41, 5.74) is 2.17. The molecule has 1 aliphatic heterocycles. The number of hydrogen-bond donors (Lipinski definition) is 1. The second-order valence-corrected chi connectivity index (χ2v) is 8.59. The lowest BCUT2D eigenvalue weighted by Crippen LogP contribution is -2.33. The number of hydrogen-bond acceptors (Lipinski definition) is 5. The molecule has 1 saturated heterocycles. The molecule has 1 heterocycles. The van der Waals surface area contributed by atoms with Crippen molar-refractivity contribution in [2.75, 3.05) is 18.0 Å². The van der Waals surface area contributed by atoms with E-state index in [1.807, 2.05) is 6.07 Å². The van der Waals surface area contributed by atoms with E-state index in [-0.39, 0.29) is 29.9 Å². The number of cyclic esters (lactones) is 1. The van der Waals surface area contributed by atoms with Crippen molar-refractivity contribution >= 4 is 29.3 Å². The zero-order chi connectivity index (χ0) is 21.3. The van der Waals surface area contributed by atoms with Crippen molar-refractivity contribution in [1.29, 1.82) is 0 Å². The van der Waals surface area contributed by atoms with Crippen LogP contribution < -0.4 is 10.2 Å². The third kappa shape index (κ3) is 4.11. The lowest BCUT2D eigenvalue weighted by Gasteiger charge is -2.18. The van der Waals surface area contributed by atoms with E-state index in [0.29, 0.717) is 30.6 Å². The number of Topliss-reactive ketones (excluding diaryl/α,β-unsaturated/α-hetero) is 2. The highest BCUT2D eigenvalue weighted by Crippen LogP contribution is 2.34. The fourth-order valence-electron chi connectivity index (χ4n) is 4.87. The zero-order valence-electron chi connectivity index (χ0n) is 17.3. The molecule has 0 aromatic heterocycles. The van der Waals surface area contributed by atoms with Crippen molar-refractivity contribution in [3.63, 3.8) is 0 Å². The molecule has 7 nitrogen and oxygen atoms in total. The normalized spacial score (nSPS) is 24.4. The van der Waals surface area contributed by atoms with Crippen molar-refractivity contribution < 1.29 is 23.9 Å². The second-order valence-electron chi connectivity index (χ2n) is 8.59. The quantitative estimate of drug-likeness (QED) is 0.593. The number of amides is 2. The van der Waals surface area contributed by atoms with Gasteiger partial charge in [0.1, 0.15) is 11.9 Å². The Morgan fingerprint density at radius 3 is 2.63 bits per heavy atom. The molecular formula is C23H28N2O5. The first-order valence-corrected chi connectivity index (χ1v) is 10.9. The molecular weight excluding hydrogens is 384 g/mol. The lowest BCUT2D eigenvalue weighted by atomic mass is 9.84. The summed E-state index contributed by atoms with van der Waals surface area (Å²) in [6.07, 6.45) is 5.19. The molecule has 2 amide bonds. The standard InChI is InChI=1S/C23H28N2O5/c1-14(26)24-12-18-13-25(23(29)30-18)17-9-10-19-16(11-17)7-4-8-20(22(19)28)21(27)15-5-2-3-6-15/h9-11,15,18,20H,2-8,12-13H2,1H3,(H,24,26)/t18-,20+/m0/s1. The van der Waals surface area contributed by atoms with E-state index in [1.165, 1.54) is 11.8 Å². The Labute approximate surface area is 176 Å². The van der Waals surface area contributed by atoms with Gasteiger partial charge in [-0.15, -0.1) is 0 Å². The third-order valence-electron chi connectivity index (χ3n) is 6.48. The maximum Gasteiger partial charge on any atom is 0.414 e. The van der Waals surface area contributed by atoms with Crippen LogP contribution in [-0.4, -0.2) is 42.8 Å². The fraction of sp³-hybridized carbons (Fsp3) is 0.565. The van der Waals surface area contributed by atoms with Gasteiger partial charge in [0.2, 0.25) is 5.91 Å². The van der Waals surface area contributed by atoms with Gasteiger partial charge in [-0.25, -0.2) is 4.79 Å². The molecule has 4 rings (SSSR count). The summed E-state index contributed by atoms with van der Waals surface area (Å²) in [5.74, 6) is -0.606. The molecule has 0 radical (unpaired) electrons. The van der Waals surface area contributed by atoms with Crippen molar-refractivity contribution in [2.24, 2.45) is 11.8 Å². The highest BCUT2D eigenvalue weighted by molar-refractivity contribution is 6.12. The monoisotopic (exact) mass is 412 g/mol. The van der Waals surface area contributed by atoms with Gasteiger partial charge in [0.25, 0.3) is 0 Å². The van der Waals surface area contributed by atoms with E-state index in [9.17, 15) is 19.2 Å². The van der Waals surface area contributed by atoms with Gasteiger partial charge in [-0.1, -0.05) is 12.8 Å². The molecule has 0 unspecified atom stereocenters. The van der Waals surface area contributed by atoms with Crippen LogP contribution in [0.3, 0.4) is 0 Å². The maximum atomic E-state index is 13.2. The minimum absolute atomic E-state index is 0.0414. The number of carbonyl (C=O) groups is 4. The van der Waals surface area contributed by atoms with E-state index in [4.69, 9.17) is 4.74 Å². The van der Waals surface area contributed by atoms with Gasteiger partial charge in [0.05, 0.1) is 19.0 Å². The van der Waals surface area contributed by atoms with E-state index < -0.39 is 18.1 Å². The van der Waals surface area contributed by atoms with Crippen molar-refractivity contribution in [2.45, 2.75) is 58.0 Å². The molecule has 1 aromatic carbocycles. The summed E-state index contributed by atoms with van der Waals surface area (Å²) in [6.45, 7) is 2.03. The molecule has 2 atom stereocenters. The van der Waals surface area contributed by atoms with Crippen molar-refractivity contribution in [1.82, 2.24) is 5.32 Å². The number of ketones is 2. The predicted molar refractivity (Wildman–Crippen MR) is 110 cm³/mol. The van der Waals surface area contributed by atoms with E-state index in [0.717, 1.165) is 37.7 Å². The first-order valence-electron chi connectivity index (χ1n) is 10.9. The predicted octanol–water partition coefficient (Wildman–Crippen LogP) is 3.04. The minimum Gasteiger partial charge on any atom is -0.442 e. The van der Waals surface area contributed by atoms with E-state index >= 15 is 0 Å². The number of nitrogens with one attached hydrogen (secondary N) is 1. The first kappa shape index (κ1) is 20.6. The number of rotatable bonds is 5.